The van der Waals surface area contributed by atoms with Crippen molar-refractivity contribution in [1.29, 1.82) is 0 Å². The van der Waals surface area contributed by atoms with E-state index in [-0.39, 0.29) is 25.7 Å². The molecule has 0 radical (unpaired) electrons. The number of hydrogen-bond acceptors (Lipinski definition) is 6. The predicted molar refractivity (Wildman–Crippen MR) is 116 cm³/mol. The van der Waals surface area contributed by atoms with E-state index in [1.54, 1.807) is 48.5 Å². The average molecular weight is 460 g/mol. The topological polar surface area (TPSA) is 126 Å². The Morgan fingerprint density at radius 1 is 1.16 bits per heavy atom. The minimum absolute atomic E-state index is 0.00890. The largest absolute Gasteiger partial charge is 0.480 e. The first kappa shape index (κ1) is 23.1. The van der Waals surface area contributed by atoms with E-state index in [9.17, 15) is 19.5 Å². The maximum atomic E-state index is 12.6. The molecule has 2 amide bonds. The van der Waals surface area contributed by atoms with Gasteiger partial charge < -0.3 is 25.3 Å². The third kappa shape index (κ3) is 6.71. The van der Waals surface area contributed by atoms with Crippen molar-refractivity contribution in [3.8, 4) is 0 Å². The van der Waals surface area contributed by atoms with Crippen molar-refractivity contribution in [1.82, 2.24) is 10.6 Å². The molecule has 0 saturated carbocycles. The van der Waals surface area contributed by atoms with Gasteiger partial charge >= 0.3 is 12.1 Å². The number of amides is 2. The van der Waals surface area contributed by atoms with Gasteiger partial charge in [0.2, 0.25) is 0 Å². The molecule has 3 rings (SSSR count). The Bertz CT molecular complexity index is 998. The third-order valence-corrected chi connectivity index (χ3v) is 4.90. The molecule has 32 heavy (non-hydrogen) atoms. The molecule has 2 aromatic carbocycles. The van der Waals surface area contributed by atoms with Crippen LogP contribution < -0.4 is 10.6 Å². The molecule has 1 unspecified atom stereocenters. The van der Waals surface area contributed by atoms with Crippen LogP contribution in [0.4, 0.5) is 4.79 Å². The van der Waals surface area contributed by atoms with Gasteiger partial charge in [0.15, 0.2) is 6.10 Å². The average Bonchev–Trinajstić information content (AvgIpc) is 3.21. The number of carboxylic acid groups (broad SMARTS) is 1. The number of carbonyl (C=O) groups excluding carboxylic acids is 2. The first-order valence-corrected chi connectivity index (χ1v) is 10.2. The third-order valence-electron chi connectivity index (χ3n) is 4.68. The fourth-order valence-electron chi connectivity index (χ4n) is 3.05. The summed E-state index contributed by atoms with van der Waals surface area (Å²) in [6.45, 7) is 0.203. The first-order chi connectivity index (χ1) is 15.4. The van der Waals surface area contributed by atoms with Crippen molar-refractivity contribution in [3.63, 3.8) is 0 Å². The quantitative estimate of drug-likeness (QED) is 0.529. The zero-order valence-corrected chi connectivity index (χ0v) is 17.7. The first-order valence-electron chi connectivity index (χ1n) is 9.86. The Morgan fingerprint density at radius 3 is 2.56 bits per heavy atom. The maximum absolute atomic E-state index is 12.6. The molecule has 0 spiro atoms. The maximum Gasteiger partial charge on any atom is 0.408 e. The smallest absolute Gasteiger partial charge is 0.408 e. The van der Waals surface area contributed by atoms with Crippen LogP contribution in [0.25, 0.3) is 0 Å². The summed E-state index contributed by atoms with van der Waals surface area (Å²) in [5.74, 6) is -1.65. The van der Waals surface area contributed by atoms with Crippen LogP contribution in [0.5, 0.6) is 0 Å². The molecule has 10 heteroatoms. The molecule has 0 saturated heterocycles. The van der Waals surface area contributed by atoms with Crippen LogP contribution in [0.15, 0.2) is 59.8 Å². The normalized spacial score (nSPS) is 15.8. The van der Waals surface area contributed by atoms with Crippen molar-refractivity contribution < 1.29 is 29.1 Å². The number of oxime groups is 1. The van der Waals surface area contributed by atoms with Crippen molar-refractivity contribution in [2.45, 2.75) is 31.6 Å². The highest BCUT2D eigenvalue weighted by molar-refractivity contribution is 6.65. The molecule has 3 N–H and O–H groups in total. The number of carbonyl (C=O) groups is 3. The SMILES string of the molecule is O=C(N[C@@H](Cc1ccccc1C(=O)NCC1CC(Cl)=NO1)C(=O)O)OCc1ccccc1. The summed E-state index contributed by atoms with van der Waals surface area (Å²) in [5, 5.41) is 18.6. The summed E-state index contributed by atoms with van der Waals surface area (Å²) in [7, 11) is 0. The lowest BCUT2D eigenvalue weighted by Gasteiger charge is -2.17. The van der Waals surface area contributed by atoms with Gasteiger partial charge in [-0.25, -0.2) is 9.59 Å². The molecule has 2 aromatic rings. The number of nitrogens with one attached hydrogen (secondary N) is 2. The van der Waals surface area contributed by atoms with Crippen molar-refractivity contribution in [3.05, 3.63) is 71.3 Å². The van der Waals surface area contributed by atoms with Crippen molar-refractivity contribution >= 4 is 34.7 Å². The molecule has 0 aliphatic carbocycles. The minimum atomic E-state index is -1.28. The van der Waals surface area contributed by atoms with Crippen molar-refractivity contribution in [2.75, 3.05) is 6.54 Å². The molecule has 1 heterocycles. The van der Waals surface area contributed by atoms with E-state index in [1.807, 2.05) is 6.07 Å². The highest BCUT2D eigenvalue weighted by Gasteiger charge is 2.25. The second kappa shape index (κ2) is 11.1. The summed E-state index contributed by atoms with van der Waals surface area (Å²) >= 11 is 5.76. The van der Waals surface area contributed by atoms with E-state index in [2.05, 4.69) is 15.8 Å². The van der Waals surface area contributed by atoms with Gasteiger partial charge in [0.05, 0.1) is 6.54 Å². The van der Waals surface area contributed by atoms with Gasteiger partial charge in [-0.2, -0.15) is 0 Å². The molecule has 1 aliphatic heterocycles. The number of hydrogen-bond donors (Lipinski definition) is 3. The van der Waals surface area contributed by atoms with E-state index in [0.29, 0.717) is 22.7 Å². The fourth-order valence-corrected chi connectivity index (χ4v) is 3.26. The minimum Gasteiger partial charge on any atom is -0.480 e. The van der Waals surface area contributed by atoms with E-state index in [1.165, 1.54) is 0 Å². The van der Waals surface area contributed by atoms with Crippen molar-refractivity contribution in [2.24, 2.45) is 5.16 Å². The number of alkyl carbamates (subject to hydrolysis) is 1. The number of ether oxygens (including phenoxy) is 1. The Balaban J connectivity index is 1.58. The molecule has 0 bridgehead atoms. The second-order valence-electron chi connectivity index (χ2n) is 7.07. The fraction of sp³-hybridized carbons (Fsp3) is 0.273. The van der Waals surface area contributed by atoms with E-state index in [0.717, 1.165) is 5.56 Å². The molecule has 0 fully saturated rings. The predicted octanol–water partition coefficient (Wildman–Crippen LogP) is 2.68. The van der Waals surface area contributed by atoms with Gasteiger partial charge in [-0.15, -0.1) is 0 Å². The Hall–Kier alpha value is -3.59. The number of aliphatic carboxylic acids is 1. The van der Waals surface area contributed by atoms with Crippen LogP contribution in [0.3, 0.4) is 0 Å². The number of nitrogens with zero attached hydrogens (tertiary/aromatic N) is 1. The molecule has 0 aromatic heterocycles. The zero-order valence-electron chi connectivity index (χ0n) is 17.0. The van der Waals surface area contributed by atoms with E-state index >= 15 is 0 Å². The lowest BCUT2D eigenvalue weighted by Crippen LogP contribution is -2.43. The van der Waals surface area contributed by atoms with Crippen LogP contribution in [0.2, 0.25) is 0 Å². The van der Waals surface area contributed by atoms with Gasteiger partial charge in [0, 0.05) is 18.4 Å². The lowest BCUT2D eigenvalue weighted by atomic mass is 9.99. The highest BCUT2D eigenvalue weighted by Crippen LogP contribution is 2.14. The molecule has 9 nitrogen and oxygen atoms in total. The second-order valence-corrected chi connectivity index (χ2v) is 7.50. The standard InChI is InChI=1S/C22H22ClN3O6/c23-19-11-16(32-26-19)12-24-20(27)17-9-5-4-8-15(17)10-18(21(28)29)25-22(30)31-13-14-6-2-1-3-7-14/h1-9,16,18H,10-13H2,(H,24,27)(H,25,30)(H,28,29)/t16?,18-/m0/s1. The van der Waals surface area contributed by atoms with E-state index < -0.39 is 24.0 Å². The molecule has 1 aliphatic rings. The summed E-state index contributed by atoms with van der Waals surface area (Å²) in [6, 6.07) is 14.3. The Kier molecular flexibility index (Phi) is 8.04. The summed E-state index contributed by atoms with van der Waals surface area (Å²) in [4.78, 5) is 41.5. The van der Waals surface area contributed by atoms with Gasteiger partial charge in [0.1, 0.15) is 17.8 Å². The van der Waals surface area contributed by atoms with Crippen LogP contribution in [0.1, 0.15) is 27.9 Å². The summed E-state index contributed by atoms with van der Waals surface area (Å²) in [6.07, 6.45) is -0.918. The molecular weight excluding hydrogens is 438 g/mol. The summed E-state index contributed by atoms with van der Waals surface area (Å²) in [5.41, 5.74) is 1.53. The zero-order chi connectivity index (χ0) is 22.9. The van der Waals surface area contributed by atoms with Crippen LogP contribution in [-0.2, 0) is 27.4 Å². The molecule has 2 atom stereocenters. The number of halogens is 1. The highest BCUT2D eigenvalue weighted by atomic mass is 35.5. The van der Waals surface area contributed by atoms with Crippen LogP contribution in [-0.4, -0.2) is 46.9 Å². The van der Waals surface area contributed by atoms with Gasteiger partial charge in [-0.3, -0.25) is 4.79 Å². The van der Waals surface area contributed by atoms with Crippen LogP contribution >= 0.6 is 11.6 Å². The summed E-state index contributed by atoms with van der Waals surface area (Å²) < 4.78 is 5.10. The molecule has 168 valence electrons. The number of benzene rings is 2. The monoisotopic (exact) mass is 459 g/mol. The lowest BCUT2D eigenvalue weighted by molar-refractivity contribution is -0.139. The Morgan fingerprint density at radius 2 is 1.88 bits per heavy atom. The Labute approximate surface area is 189 Å². The van der Waals surface area contributed by atoms with Gasteiger partial charge in [-0.1, -0.05) is 65.3 Å². The van der Waals surface area contributed by atoms with Gasteiger partial charge in [0.25, 0.3) is 5.91 Å². The van der Waals surface area contributed by atoms with E-state index in [4.69, 9.17) is 21.2 Å². The van der Waals surface area contributed by atoms with Crippen LogP contribution in [0, 0.1) is 0 Å². The number of rotatable bonds is 9. The van der Waals surface area contributed by atoms with Gasteiger partial charge in [-0.05, 0) is 17.2 Å². The number of carboxylic acids is 1. The molecular formula is C22H22ClN3O6.